The van der Waals surface area contributed by atoms with Gasteiger partial charge in [-0.3, -0.25) is 4.79 Å². The highest BCUT2D eigenvalue weighted by Crippen LogP contribution is 2.20. The van der Waals surface area contributed by atoms with Crippen molar-refractivity contribution < 1.29 is 14.3 Å². The molecule has 0 aliphatic carbocycles. The van der Waals surface area contributed by atoms with E-state index in [9.17, 15) is 9.59 Å². The molecule has 5 nitrogen and oxygen atoms in total. The molecule has 5 heteroatoms. The number of esters is 1. The number of hydrogen-bond acceptors (Lipinski definition) is 4. The van der Waals surface area contributed by atoms with Crippen LogP contribution in [0.4, 0.5) is 5.69 Å². The molecule has 0 radical (unpaired) electrons. The van der Waals surface area contributed by atoms with Gasteiger partial charge in [0.05, 0.1) is 5.69 Å². The predicted octanol–water partition coefficient (Wildman–Crippen LogP) is 2.91. The molecule has 0 bridgehead atoms. The first kappa shape index (κ1) is 15.0. The lowest BCUT2D eigenvalue weighted by molar-refractivity contribution is -0.137. The number of rotatable bonds is 4. The van der Waals surface area contributed by atoms with Crippen LogP contribution in [0.3, 0.4) is 0 Å². The molecule has 0 spiro atoms. The summed E-state index contributed by atoms with van der Waals surface area (Å²) >= 11 is 0. The Labute approximate surface area is 134 Å². The summed E-state index contributed by atoms with van der Waals surface area (Å²) in [4.78, 5) is 24.2. The molecule has 0 fully saturated rings. The summed E-state index contributed by atoms with van der Waals surface area (Å²) in [5.41, 5.74) is 1.82. The van der Waals surface area contributed by atoms with E-state index in [-0.39, 0.29) is 24.6 Å². The molecule has 2 aromatic rings. The minimum atomic E-state index is -0.484. The van der Waals surface area contributed by atoms with Gasteiger partial charge in [-0.25, -0.2) is 9.80 Å². The van der Waals surface area contributed by atoms with Gasteiger partial charge >= 0.3 is 5.97 Å². The van der Waals surface area contributed by atoms with Crippen LogP contribution in [0, 0.1) is 0 Å². The molecule has 0 aromatic heterocycles. The number of carbonyl (C=O) groups excluding carboxylic acids is 2. The van der Waals surface area contributed by atoms with E-state index >= 15 is 0 Å². The molecule has 1 aliphatic rings. The van der Waals surface area contributed by atoms with Crippen LogP contribution in [0.1, 0.15) is 18.4 Å². The van der Waals surface area contributed by atoms with Crippen LogP contribution in [0.25, 0.3) is 0 Å². The van der Waals surface area contributed by atoms with Gasteiger partial charge in [0.1, 0.15) is 12.3 Å². The van der Waals surface area contributed by atoms with Crippen LogP contribution in [-0.2, 0) is 20.9 Å². The van der Waals surface area contributed by atoms with E-state index in [4.69, 9.17) is 4.74 Å². The first-order chi connectivity index (χ1) is 11.2. The van der Waals surface area contributed by atoms with E-state index in [1.807, 2.05) is 48.5 Å². The van der Waals surface area contributed by atoms with Gasteiger partial charge < -0.3 is 4.74 Å². The van der Waals surface area contributed by atoms with E-state index in [0.29, 0.717) is 12.1 Å². The first-order valence-corrected chi connectivity index (χ1v) is 7.40. The molecule has 1 aliphatic heterocycles. The standard InChI is InChI=1S/C18H16N2O3/c21-17-12-11-16(19-20(17)15-9-5-2-6-10-15)18(22)23-13-14-7-3-1-4-8-14/h1-10H,11-13H2. The van der Waals surface area contributed by atoms with Crippen molar-refractivity contribution in [2.45, 2.75) is 19.4 Å². The monoisotopic (exact) mass is 308 g/mol. The van der Waals surface area contributed by atoms with Gasteiger partial charge in [-0.15, -0.1) is 0 Å². The number of nitrogens with zero attached hydrogens (tertiary/aromatic N) is 2. The summed E-state index contributed by atoms with van der Waals surface area (Å²) < 4.78 is 5.28. The third kappa shape index (κ3) is 3.63. The van der Waals surface area contributed by atoms with Crippen molar-refractivity contribution in [2.24, 2.45) is 5.10 Å². The van der Waals surface area contributed by atoms with E-state index in [0.717, 1.165) is 5.56 Å². The van der Waals surface area contributed by atoms with Crippen molar-refractivity contribution in [2.75, 3.05) is 5.01 Å². The summed E-state index contributed by atoms with van der Waals surface area (Å²) in [6.45, 7) is 0.192. The molecule has 3 rings (SSSR count). The number of benzene rings is 2. The second-order valence-corrected chi connectivity index (χ2v) is 5.15. The Hall–Kier alpha value is -2.95. The maximum absolute atomic E-state index is 12.2. The number of anilines is 1. The first-order valence-electron chi connectivity index (χ1n) is 7.40. The zero-order valence-electron chi connectivity index (χ0n) is 12.5. The number of carbonyl (C=O) groups is 2. The van der Waals surface area contributed by atoms with Crippen molar-refractivity contribution in [1.82, 2.24) is 0 Å². The SMILES string of the molecule is O=C(OCc1ccccc1)C1=NN(c2ccccc2)C(=O)CC1. The average Bonchev–Trinajstić information content (AvgIpc) is 2.62. The number of hydrogen-bond donors (Lipinski definition) is 0. The van der Waals surface area contributed by atoms with Crippen molar-refractivity contribution in [3.63, 3.8) is 0 Å². The number of para-hydroxylation sites is 1. The molecule has 116 valence electrons. The van der Waals surface area contributed by atoms with Crippen LogP contribution >= 0.6 is 0 Å². The minimum Gasteiger partial charge on any atom is -0.456 e. The lowest BCUT2D eigenvalue weighted by Gasteiger charge is -2.22. The average molecular weight is 308 g/mol. The summed E-state index contributed by atoms with van der Waals surface area (Å²) in [6.07, 6.45) is 0.546. The van der Waals surface area contributed by atoms with Crippen LogP contribution in [0.5, 0.6) is 0 Å². The lowest BCUT2D eigenvalue weighted by Crippen LogP contribution is -2.34. The van der Waals surface area contributed by atoms with Gasteiger partial charge in [-0.05, 0) is 17.7 Å². The van der Waals surface area contributed by atoms with Gasteiger partial charge in [0.25, 0.3) is 0 Å². The van der Waals surface area contributed by atoms with Gasteiger partial charge in [0, 0.05) is 12.8 Å². The van der Waals surface area contributed by atoms with Crippen LogP contribution in [0.2, 0.25) is 0 Å². The highest BCUT2D eigenvalue weighted by atomic mass is 16.5. The fourth-order valence-corrected chi connectivity index (χ4v) is 2.28. The summed E-state index contributed by atoms with van der Waals surface area (Å²) in [7, 11) is 0. The molecule has 1 amide bonds. The fourth-order valence-electron chi connectivity index (χ4n) is 2.28. The Kier molecular flexibility index (Phi) is 4.47. The maximum Gasteiger partial charge on any atom is 0.354 e. The molecule has 0 N–H and O–H groups in total. The molecule has 2 aromatic carbocycles. The summed E-state index contributed by atoms with van der Waals surface area (Å²) in [5.74, 6) is -0.613. The number of hydrazone groups is 1. The second-order valence-electron chi connectivity index (χ2n) is 5.15. The number of amides is 1. The topological polar surface area (TPSA) is 59.0 Å². The van der Waals surface area contributed by atoms with Crippen molar-refractivity contribution in [1.29, 1.82) is 0 Å². The van der Waals surface area contributed by atoms with Gasteiger partial charge in [-0.1, -0.05) is 48.5 Å². The smallest absolute Gasteiger partial charge is 0.354 e. The van der Waals surface area contributed by atoms with Crippen molar-refractivity contribution in [3.8, 4) is 0 Å². The van der Waals surface area contributed by atoms with E-state index in [2.05, 4.69) is 5.10 Å². The molecule has 0 saturated carbocycles. The van der Waals surface area contributed by atoms with E-state index in [1.165, 1.54) is 5.01 Å². The van der Waals surface area contributed by atoms with Crippen LogP contribution in [-0.4, -0.2) is 17.6 Å². The van der Waals surface area contributed by atoms with Gasteiger partial charge in [-0.2, -0.15) is 5.10 Å². The zero-order chi connectivity index (χ0) is 16.1. The molecule has 1 heterocycles. The molecular weight excluding hydrogens is 292 g/mol. The molecule has 0 saturated heterocycles. The van der Waals surface area contributed by atoms with E-state index in [1.54, 1.807) is 12.1 Å². The van der Waals surface area contributed by atoms with Crippen molar-refractivity contribution in [3.05, 3.63) is 66.2 Å². The minimum absolute atomic E-state index is 0.129. The Bertz CT molecular complexity index is 726. The summed E-state index contributed by atoms with van der Waals surface area (Å²) in [6, 6.07) is 18.5. The normalized spacial score (nSPS) is 14.3. The Morgan fingerprint density at radius 3 is 2.35 bits per heavy atom. The van der Waals surface area contributed by atoms with E-state index < -0.39 is 5.97 Å². The molecule has 0 atom stereocenters. The molecule has 23 heavy (non-hydrogen) atoms. The second kappa shape index (κ2) is 6.87. The zero-order valence-corrected chi connectivity index (χ0v) is 12.5. The maximum atomic E-state index is 12.2. The molecular formula is C18H16N2O3. The third-order valence-corrected chi connectivity index (χ3v) is 3.48. The Balaban J connectivity index is 1.71. The molecule has 0 unspecified atom stereocenters. The summed E-state index contributed by atoms with van der Waals surface area (Å²) in [5, 5.41) is 5.44. The highest BCUT2D eigenvalue weighted by molar-refractivity contribution is 6.37. The largest absolute Gasteiger partial charge is 0.456 e. The van der Waals surface area contributed by atoms with Crippen LogP contribution in [0.15, 0.2) is 65.8 Å². The Morgan fingerprint density at radius 2 is 1.65 bits per heavy atom. The van der Waals surface area contributed by atoms with Crippen LogP contribution < -0.4 is 5.01 Å². The van der Waals surface area contributed by atoms with Gasteiger partial charge in [0.15, 0.2) is 0 Å². The number of ether oxygens (including phenoxy) is 1. The predicted molar refractivity (Wildman–Crippen MR) is 86.8 cm³/mol. The lowest BCUT2D eigenvalue weighted by atomic mass is 10.1. The third-order valence-electron chi connectivity index (χ3n) is 3.48. The highest BCUT2D eigenvalue weighted by Gasteiger charge is 2.26. The van der Waals surface area contributed by atoms with Gasteiger partial charge in [0.2, 0.25) is 5.91 Å². The fraction of sp³-hybridized carbons (Fsp3) is 0.167. The van der Waals surface area contributed by atoms with Crippen molar-refractivity contribution >= 4 is 23.3 Å². The quantitative estimate of drug-likeness (QED) is 0.816. The Morgan fingerprint density at radius 1 is 1.00 bits per heavy atom.